The Morgan fingerprint density at radius 1 is 1.56 bits per heavy atom. The van der Waals surface area contributed by atoms with Crippen molar-refractivity contribution >= 4 is 11.6 Å². The molecule has 88 valence electrons. The molecule has 0 unspecified atom stereocenters. The van der Waals surface area contributed by atoms with E-state index >= 15 is 0 Å². The lowest BCUT2D eigenvalue weighted by Crippen LogP contribution is -2.27. The van der Waals surface area contributed by atoms with E-state index in [1.54, 1.807) is 19.1 Å². The maximum Gasteiger partial charge on any atom is 0.219 e. The summed E-state index contributed by atoms with van der Waals surface area (Å²) in [6.45, 7) is 2.50. The fraction of sp³-hybridized carbons (Fsp3) is 0.364. The zero-order valence-corrected chi connectivity index (χ0v) is 9.19. The summed E-state index contributed by atoms with van der Waals surface area (Å²) in [6.07, 6.45) is 0.452. The van der Waals surface area contributed by atoms with Gasteiger partial charge < -0.3 is 20.9 Å². The van der Waals surface area contributed by atoms with Crippen LogP contribution in [0.25, 0.3) is 0 Å². The molecule has 0 radical (unpaired) electrons. The van der Waals surface area contributed by atoms with E-state index in [4.69, 9.17) is 10.5 Å². The van der Waals surface area contributed by atoms with Gasteiger partial charge in [-0.2, -0.15) is 0 Å². The molecule has 0 saturated carbocycles. The van der Waals surface area contributed by atoms with Crippen molar-refractivity contribution in [2.45, 2.75) is 13.3 Å². The van der Waals surface area contributed by atoms with Crippen LogP contribution in [0.5, 0.6) is 11.5 Å². The minimum absolute atomic E-state index is 0.00168. The van der Waals surface area contributed by atoms with Crippen LogP contribution in [-0.4, -0.2) is 24.2 Å². The topological polar surface area (TPSA) is 84.6 Å². The summed E-state index contributed by atoms with van der Waals surface area (Å²) in [5, 5.41) is 12.1. The number of amides is 1. The van der Waals surface area contributed by atoms with Gasteiger partial charge in [0.05, 0.1) is 6.54 Å². The van der Waals surface area contributed by atoms with Crippen molar-refractivity contribution in [2.24, 2.45) is 0 Å². The first kappa shape index (κ1) is 12.2. The molecule has 0 aliphatic carbocycles. The molecule has 0 saturated heterocycles. The number of hydrogen-bond donors (Lipinski definition) is 3. The van der Waals surface area contributed by atoms with Crippen LogP contribution in [0.3, 0.4) is 0 Å². The number of carbonyl (C=O) groups is 1. The van der Waals surface area contributed by atoms with Crippen LogP contribution in [0.1, 0.15) is 13.3 Å². The van der Waals surface area contributed by atoms with Crippen LogP contribution in [0.4, 0.5) is 5.69 Å². The summed E-state index contributed by atoms with van der Waals surface area (Å²) in [5.41, 5.74) is 5.94. The lowest BCUT2D eigenvalue weighted by Gasteiger charge is -2.08. The van der Waals surface area contributed by atoms with Crippen molar-refractivity contribution in [3.8, 4) is 11.5 Å². The van der Waals surface area contributed by atoms with E-state index in [0.717, 1.165) is 0 Å². The van der Waals surface area contributed by atoms with E-state index in [-0.39, 0.29) is 11.7 Å². The van der Waals surface area contributed by atoms with Crippen LogP contribution in [0, 0.1) is 0 Å². The largest absolute Gasteiger partial charge is 0.504 e. The number of phenols is 1. The molecule has 0 atom stereocenters. The average Bonchev–Trinajstić information content (AvgIpc) is 2.26. The van der Waals surface area contributed by atoms with E-state index in [0.29, 0.717) is 31.0 Å². The van der Waals surface area contributed by atoms with Crippen molar-refractivity contribution < 1.29 is 14.6 Å². The van der Waals surface area contributed by atoms with Crippen LogP contribution in [0.15, 0.2) is 18.2 Å². The van der Waals surface area contributed by atoms with E-state index in [1.807, 2.05) is 0 Å². The first-order valence-electron chi connectivity index (χ1n) is 5.11. The third-order valence-electron chi connectivity index (χ3n) is 1.99. The zero-order chi connectivity index (χ0) is 12.0. The molecule has 1 amide bonds. The molecule has 0 spiro atoms. The Kier molecular flexibility index (Phi) is 4.44. The lowest BCUT2D eigenvalue weighted by molar-refractivity contribution is -0.120. The standard InChI is InChI=1S/C11H16N2O3/c1-2-11(15)13-5-6-16-10-4-3-8(12)7-9(10)14/h3-4,7,14H,2,5-6,12H2,1H3,(H,13,15). The molecular weight excluding hydrogens is 208 g/mol. The molecule has 0 aliphatic rings. The van der Waals surface area contributed by atoms with Gasteiger partial charge in [0.15, 0.2) is 11.5 Å². The van der Waals surface area contributed by atoms with E-state index < -0.39 is 0 Å². The number of nitrogens with one attached hydrogen (secondary N) is 1. The number of nitrogens with two attached hydrogens (primary N) is 1. The molecule has 0 aromatic heterocycles. The van der Waals surface area contributed by atoms with E-state index in [1.165, 1.54) is 6.07 Å². The molecule has 1 aromatic carbocycles. The van der Waals surface area contributed by atoms with Crippen molar-refractivity contribution in [1.29, 1.82) is 0 Å². The molecule has 1 aromatic rings. The Morgan fingerprint density at radius 3 is 2.94 bits per heavy atom. The molecule has 16 heavy (non-hydrogen) atoms. The minimum atomic E-state index is -0.0230. The third kappa shape index (κ3) is 3.68. The van der Waals surface area contributed by atoms with Crippen LogP contribution in [-0.2, 0) is 4.79 Å². The van der Waals surface area contributed by atoms with Gasteiger partial charge in [-0.25, -0.2) is 0 Å². The highest BCUT2D eigenvalue weighted by atomic mass is 16.5. The van der Waals surface area contributed by atoms with Crippen molar-refractivity contribution in [1.82, 2.24) is 5.32 Å². The average molecular weight is 224 g/mol. The van der Waals surface area contributed by atoms with Crippen molar-refractivity contribution in [3.05, 3.63) is 18.2 Å². The third-order valence-corrected chi connectivity index (χ3v) is 1.99. The fourth-order valence-corrected chi connectivity index (χ4v) is 1.13. The number of benzene rings is 1. The lowest BCUT2D eigenvalue weighted by atomic mass is 10.3. The van der Waals surface area contributed by atoms with Gasteiger partial charge in [0.25, 0.3) is 0 Å². The molecule has 4 N–H and O–H groups in total. The predicted octanol–water partition coefficient (Wildman–Crippen LogP) is 0.879. The molecule has 0 bridgehead atoms. The Labute approximate surface area is 94.2 Å². The zero-order valence-electron chi connectivity index (χ0n) is 9.19. The van der Waals surface area contributed by atoms with Gasteiger partial charge in [-0.1, -0.05) is 6.92 Å². The van der Waals surface area contributed by atoms with Gasteiger partial charge in [-0.15, -0.1) is 0 Å². The summed E-state index contributed by atoms with van der Waals surface area (Å²) < 4.78 is 5.27. The number of anilines is 1. The summed E-state index contributed by atoms with van der Waals surface area (Å²) >= 11 is 0. The molecule has 1 rings (SSSR count). The monoisotopic (exact) mass is 224 g/mol. The number of ether oxygens (including phenoxy) is 1. The fourth-order valence-electron chi connectivity index (χ4n) is 1.13. The second-order valence-electron chi connectivity index (χ2n) is 3.28. The normalized spacial score (nSPS) is 9.81. The highest BCUT2D eigenvalue weighted by Crippen LogP contribution is 2.27. The molecule has 0 heterocycles. The number of aromatic hydroxyl groups is 1. The molecular formula is C11H16N2O3. The number of rotatable bonds is 5. The van der Waals surface area contributed by atoms with Gasteiger partial charge in [0.2, 0.25) is 5.91 Å². The van der Waals surface area contributed by atoms with Gasteiger partial charge in [-0.05, 0) is 12.1 Å². The maximum absolute atomic E-state index is 10.9. The van der Waals surface area contributed by atoms with Crippen molar-refractivity contribution in [3.63, 3.8) is 0 Å². The Hall–Kier alpha value is -1.91. The number of hydrogen-bond acceptors (Lipinski definition) is 4. The first-order chi connectivity index (χ1) is 7.63. The molecule has 0 aliphatic heterocycles. The highest BCUT2D eigenvalue weighted by molar-refractivity contribution is 5.75. The highest BCUT2D eigenvalue weighted by Gasteiger charge is 2.02. The number of carbonyl (C=O) groups excluding carboxylic acids is 1. The molecule has 5 heteroatoms. The SMILES string of the molecule is CCC(=O)NCCOc1ccc(N)cc1O. The number of phenolic OH excluding ortho intramolecular Hbond substituents is 1. The minimum Gasteiger partial charge on any atom is -0.504 e. The van der Waals surface area contributed by atoms with E-state index in [9.17, 15) is 9.90 Å². The second-order valence-corrected chi connectivity index (χ2v) is 3.28. The van der Waals surface area contributed by atoms with Gasteiger partial charge in [0, 0.05) is 18.2 Å². The van der Waals surface area contributed by atoms with E-state index in [2.05, 4.69) is 5.32 Å². The summed E-state index contributed by atoms with van der Waals surface area (Å²) in [7, 11) is 0. The van der Waals surface area contributed by atoms with Gasteiger partial charge in [-0.3, -0.25) is 4.79 Å². The quantitative estimate of drug-likeness (QED) is 0.512. The Morgan fingerprint density at radius 2 is 2.31 bits per heavy atom. The molecule has 0 fully saturated rings. The van der Waals surface area contributed by atoms with Gasteiger partial charge in [0.1, 0.15) is 6.61 Å². The second kappa shape index (κ2) is 5.85. The first-order valence-corrected chi connectivity index (χ1v) is 5.11. The number of nitrogen functional groups attached to an aromatic ring is 1. The van der Waals surface area contributed by atoms with Gasteiger partial charge >= 0.3 is 0 Å². The Balaban J connectivity index is 2.35. The summed E-state index contributed by atoms with van der Waals surface area (Å²) in [4.78, 5) is 10.9. The predicted molar refractivity (Wildman–Crippen MR) is 61.3 cm³/mol. The Bertz CT molecular complexity index is 366. The van der Waals surface area contributed by atoms with Crippen LogP contribution in [0.2, 0.25) is 0 Å². The van der Waals surface area contributed by atoms with Crippen LogP contribution < -0.4 is 15.8 Å². The smallest absolute Gasteiger partial charge is 0.219 e. The van der Waals surface area contributed by atoms with Crippen LogP contribution >= 0.6 is 0 Å². The van der Waals surface area contributed by atoms with Crippen molar-refractivity contribution in [2.75, 3.05) is 18.9 Å². The summed E-state index contributed by atoms with van der Waals surface area (Å²) in [5.74, 6) is 0.340. The summed E-state index contributed by atoms with van der Waals surface area (Å²) in [6, 6.07) is 4.64. The molecule has 5 nitrogen and oxygen atoms in total. The maximum atomic E-state index is 10.9.